The summed E-state index contributed by atoms with van der Waals surface area (Å²) in [5.74, 6) is -0.452. The van der Waals surface area contributed by atoms with Gasteiger partial charge in [0.1, 0.15) is 0 Å². The number of rotatable bonds is 5. The lowest BCUT2D eigenvalue weighted by Crippen LogP contribution is -2.27. The van der Waals surface area contributed by atoms with E-state index >= 15 is 0 Å². The molecule has 4 nitrogen and oxygen atoms in total. The third-order valence-corrected chi connectivity index (χ3v) is 3.56. The van der Waals surface area contributed by atoms with Crippen LogP contribution < -0.4 is 4.72 Å². The molecule has 0 radical (unpaired) electrons. The van der Waals surface area contributed by atoms with E-state index in [1.165, 1.54) is 18.4 Å². The van der Waals surface area contributed by atoms with Gasteiger partial charge in [0.25, 0.3) is 0 Å². The van der Waals surface area contributed by atoms with Crippen molar-refractivity contribution in [3.8, 4) is 6.07 Å². The van der Waals surface area contributed by atoms with Gasteiger partial charge in [0.2, 0.25) is 10.0 Å². The van der Waals surface area contributed by atoms with E-state index in [1.54, 1.807) is 6.07 Å². The van der Waals surface area contributed by atoms with E-state index in [1.807, 2.05) is 0 Å². The predicted octanol–water partition coefficient (Wildman–Crippen LogP) is 1.32. The molecule has 0 spiro atoms. The van der Waals surface area contributed by atoms with Crippen LogP contribution in [-0.4, -0.2) is 20.7 Å². The van der Waals surface area contributed by atoms with Gasteiger partial charge in [0, 0.05) is 6.54 Å². The SMILES string of the molecule is N#CCS(=O)(=O)NCCC1=CCCCC1. The van der Waals surface area contributed by atoms with Gasteiger partial charge in [-0.05, 0) is 32.1 Å². The van der Waals surface area contributed by atoms with Crippen molar-refractivity contribution in [3.63, 3.8) is 0 Å². The highest BCUT2D eigenvalue weighted by Crippen LogP contribution is 2.19. The van der Waals surface area contributed by atoms with Gasteiger partial charge in [-0.2, -0.15) is 5.26 Å². The molecule has 15 heavy (non-hydrogen) atoms. The monoisotopic (exact) mass is 228 g/mol. The molecule has 0 aromatic carbocycles. The van der Waals surface area contributed by atoms with Crippen molar-refractivity contribution in [2.45, 2.75) is 32.1 Å². The summed E-state index contributed by atoms with van der Waals surface area (Å²) in [6.07, 6.45) is 7.60. The molecule has 0 unspecified atom stereocenters. The fourth-order valence-electron chi connectivity index (χ4n) is 1.63. The molecule has 1 rings (SSSR count). The summed E-state index contributed by atoms with van der Waals surface area (Å²) in [6.45, 7) is 0.413. The molecular weight excluding hydrogens is 212 g/mol. The van der Waals surface area contributed by atoms with Crippen molar-refractivity contribution in [2.24, 2.45) is 0 Å². The number of sulfonamides is 1. The van der Waals surface area contributed by atoms with Crippen LogP contribution in [0, 0.1) is 11.3 Å². The maximum absolute atomic E-state index is 11.1. The van der Waals surface area contributed by atoms with Crippen molar-refractivity contribution in [3.05, 3.63) is 11.6 Å². The van der Waals surface area contributed by atoms with E-state index in [0.717, 1.165) is 19.3 Å². The minimum absolute atomic E-state index is 0.413. The first kappa shape index (κ1) is 12.2. The molecule has 0 bridgehead atoms. The molecule has 0 aliphatic heterocycles. The van der Waals surface area contributed by atoms with Crippen LogP contribution in [0.4, 0.5) is 0 Å². The van der Waals surface area contributed by atoms with E-state index < -0.39 is 15.8 Å². The minimum atomic E-state index is -3.37. The predicted molar refractivity (Wildman–Crippen MR) is 58.6 cm³/mol. The zero-order valence-electron chi connectivity index (χ0n) is 8.70. The van der Waals surface area contributed by atoms with Crippen molar-refractivity contribution in [1.82, 2.24) is 4.72 Å². The Kier molecular flexibility index (Phi) is 4.79. The summed E-state index contributed by atoms with van der Waals surface area (Å²) in [7, 11) is -3.37. The Morgan fingerprint density at radius 2 is 2.27 bits per heavy atom. The number of nitriles is 1. The van der Waals surface area contributed by atoms with E-state index in [4.69, 9.17) is 5.26 Å². The smallest absolute Gasteiger partial charge is 0.214 e. The second-order valence-corrected chi connectivity index (χ2v) is 5.48. The van der Waals surface area contributed by atoms with Crippen molar-refractivity contribution >= 4 is 10.0 Å². The van der Waals surface area contributed by atoms with E-state index in [-0.39, 0.29) is 0 Å². The second kappa shape index (κ2) is 5.89. The third-order valence-electron chi connectivity index (χ3n) is 2.41. The molecule has 5 heteroatoms. The summed E-state index contributed by atoms with van der Waals surface area (Å²) in [6, 6.07) is 1.63. The molecule has 0 heterocycles. The number of nitrogens with zero attached hydrogens (tertiary/aromatic N) is 1. The Morgan fingerprint density at radius 1 is 1.47 bits per heavy atom. The van der Waals surface area contributed by atoms with Gasteiger partial charge in [-0.3, -0.25) is 0 Å². The van der Waals surface area contributed by atoms with Crippen LogP contribution in [0.1, 0.15) is 32.1 Å². The van der Waals surface area contributed by atoms with Gasteiger partial charge in [0.05, 0.1) is 6.07 Å². The maximum atomic E-state index is 11.1. The van der Waals surface area contributed by atoms with Crippen LogP contribution in [0.3, 0.4) is 0 Å². The van der Waals surface area contributed by atoms with E-state index in [9.17, 15) is 8.42 Å². The molecular formula is C10H16N2O2S. The highest BCUT2D eigenvalue weighted by molar-refractivity contribution is 7.89. The minimum Gasteiger partial charge on any atom is -0.214 e. The Labute approximate surface area is 91.0 Å². The van der Waals surface area contributed by atoms with E-state index in [0.29, 0.717) is 6.54 Å². The number of nitrogens with one attached hydrogen (secondary N) is 1. The van der Waals surface area contributed by atoms with Crippen molar-refractivity contribution in [2.75, 3.05) is 12.3 Å². The lowest BCUT2D eigenvalue weighted by molar-refractivity contribution is 0.583. The van der Waals surface area contributed by atoms with Gasteiger partial charge >= 0.3 is 0 Å². The Balaban J connectivity index is 2.27. The summed E-state index contributed by atoms with van der Waals surface area (Å²) < 4.78 is 24.7. The largest absolute Gasteiger partial charge is 0.225 e. The molecule has 1 N–H and O–H groups in total. The third kappa shape index (κ3) is 4.96. The van der Waals surface area contributed by atoms with Crippen molar-refractivity contribution in [1.29, 1.82) is 5.26 Å². The van der Waals surface area contributed by atoms with Gasteiger partial charge in [-0.15, -0.1) is 0 Å². The molecule has 0 aromatic rings. The van der Waals surface area contributed by atoms with Crippen LogP contribution >= 0.6 is 0 Å². The topological polar surface area (TPSA) is 70.0 Å². The normalized spacial score (nSPS) is 16.9. The lowest BCUT2D eigenvalue weighted by Gasteiger charge is -2.12. The average Bonchev–Trinajstić information content (AvgIpc) is 2.19. The molecule has 1 aliphatic carbocycles. The molecule has 1 aliphatic rings. The van der Waals surface area contributed by atoms with Crippen molar-refractivity contribution < 1.29 is 8.42 Å². The number of hydrogen-bond acceptors (Lipinski definition) is 3. The maximum Gasteiger partial charge on any atom is 0.225 e. The summed E-state index contributed by atoms with van der Waals surface area (Å²) in [5, 5.41) is 8.27. The fraction of sp³-hybridized carbons (Fsp3) is 0.700. The Morgan fingerprint density at radius 3 is 2.87 bits per heavy atom. The van der Waals surface area contributed by atoms with Gasteiger partial charge < -0.3 is 0 Å². The Bertz CT molecular complexity index is 365. The molecule has 0 amide bonds. The van der Waals surface area contributed by atoms with Crippen LogP contribution in [0.25, 0.3) is 0 Å². The standard InChI is InChI=1S/C10H16N2O2S/c11-7-9-15(13,14)12-8-6-10-4-2-1-3-5-10/h4,12H,1-3,5-6,8-9H2. The first-order chi connectivity index (χ1) is 7.14. The van der Waals surface area contributed by atoms with Gasteiger partial charge in [-0.1, -0.05) is 11.6 Å². The van der Waals surface area contributed by atoms with Crippen LogP contribution in [0.5, 0.6) is 0 Å². The molecule has 0 atom stereocenters. The van der Waals surface area contributed by atoms with Crippen LogP contribution in [0.2, 0.25) is 0 Å². The molecule has 0 fully saturated rings. The molecule has 84 valence electrons. The number of hydrogen-bond donors (Lipinski definition) is 1. The zero-order chi connectivity index (χ0) is 11.1. The lowest BCUT2D eigenvalue weighted by atomic mass is 9.97. The summed E-state index contributed by atoms with van der Waals surface area (Å²) in [4.78, 5) is 0. The molecule has 0 saturated heterocycles. The van der Waals surface area contributed by atoms with Gasteiger partial charge in [0.15, 0.2) is 5.75 Å². The van der Waals surface area contributed by atoms with Crippen LogP contribution in [0.15, 0.2) is 11.6 Å². The average molecular weight is 228 g/mol. The second-order valence-electron chi connectivity index (χ2n) is 3.67. The first-order valence-corrected chi connectivity index (χ1v) is 6.81. The fourth-order valence-corrected chi connectivity index (χ4v) is 2.32. The number of allylic oxidation sites excluding steroid dienone is 1. The highest BCUT2D eigenvalue weighted by Gasteiger charge is 2.09. The summed E-state index contributed by atoms with van der Waals surface area (Å²) in [5.41, 5.74) is 1.33. The Hall–Kier alpha value is -0.860. The van der Waals surface area contributed by atoms with Crippen LogP contribution in [-0.2, 0) is 10.0 Å². The van der Waals surface area contributed by atoms with Gasteiger partial charge in [-0.25, -0.2) is 13.1 Å². The van der Waals surface area contributed by atoms with E-state index in [2.05, 4.69) is 10.8 Å². The highest BCUT2D eigenvalue weighted by atomic mass is 32.2. The molecule has 0 aromatic heterocycles. The molecule has 0 saturated carbocycles. The first-order valence-electron chi connectivity index (χ1n) is 5.16. The zero-order valence-corrected chi connectivity index (χ0v) is 9.52. The summed E-state index contributed by atoms with van der Waals surface area (Å²) >= 11 is 0. The quantitative estimate of drug-likeness (QED) is 0.721.